The Morgan fingerprint density at radius 2 is 1.81 bits per heavy atom. The van der Waals surface area contributed by atoms with E-state index in [2.05, 4.69) is 10.6 Å². The van der Waals surface area contributed by atoms with Gasteiger partial charge < -0.3 is 15.4 Å². The van der Waals surface area contributed by atoms with E-state index in [0.29, 0.717) is 28.0 Å². The van der Waals surface area contributed by atoms with Crippen molar-refractivity contribution in [2.75, 3.05) is 17.2 Å². The number of benzene rings is 2. The highest BCUT2D eigenvalue weighted by Crippen LogP contribution is 2.25. The van der Waals surface area contributed by atoms with Gasteiger partial charge in [0.1, 0.15) is 5.75 Å². The molecule has 4 nitrogen and oxygen atoms in total. The molecule has 0 heterocycles. The summed E-state index contributed by atoms with van der Waals surface area (Å²) in [6, 6.07) is 11.6. The fourth-order valence-corrected chi connectivity index (χ4v) is 2.13. The third-order valence-electron chi connectivity index (χ3n) is 2.60. The zero-order valence-electron chi connectivity index (χ0n) is 11.3. The van der Waals surface area contributed by atoms with E-state index < -0.39 is 0 Å². The second-order valence-electron chi connectivity index (χ2n) is 4.16. The molecule has 0 aliphatic carbocycles. The van der Waals surface area contributed by atoms with Gasteiger partial charge in [-0.2, -0.15) is 0 Å². The van der Waals surface area contributed by atoms with Crippen LogP contribution in [0.4, 0.5) is 16.2 Å². The predicted molar refractivity (Wildman–Crippen MR) is 86.7 cm³/mol. The quantitative estimate of drug-likeness (QED) is 0.828. The Morgan fingerprint density at radius 3 is 2.43 bits per heavy atom. The molecule has 21 heavy (non-hydrogen) atoms. The van der Waals surface area contributed by atoms with Crippen LogP contribution < -0.4 is 15.4 Å². The number of rotatable bonds is 4. The van der Waals surface area contributed by atoms with E-state index in [1.165, 1.54) is 0 Å². The van der Waals surface area contributed by atoms with Crippen LogP contribution in [0.1, 0.15) is 6.92 Å². The van der Waals surface area contributed by atoms with Crippen molar-refractivity contribution in [3.05, 3.63) is 52.5 Å². The smallest absolute Gasteiger partial charge is 0.323 e. The van der Waals surface area contributed by atoms with Crippen molar-refractivity contribution in [1.29, 1.82) is 0 Å². The number of anilines is 2. The Balaban J connectivity index is 1.98. The first-order valence-corrected chi connectivity index (χ1v) is 7.10. The van der Waals surface area contributed by atoms with Gasteiger partial charge in [-0.1, -0.05) is 23.2 Å². The normalized spacial score (nSPS) is 10.0. The Bertz CT molecular complexity index is 630. The molecule has 0 unspecified atom stereocenters. The predicted octanol–water partition coefficient (Wildman–Crippen LogP) is 5.04. The first-order valence-electron chi connectivity index (χ1n) is 6.34. The zero-order chi connectivity index (χ0) is 15.2. The van der Waals surface area contributed by atoms with Crippen LogP contribution in [-0.2, 0) is 0 Å². The summed E-state index contributed by atoms with van der Waals surface area (Å²) in [6.45, 7) is 2.51. The van der Waals surface area contributed by atoms with Crippen LogP contribution in [0, 0.1) is 0 Å². The van der Waals surface area contributed by atoms with Crippen LogP contribution in [0.15, 0.2) is 42.5 Å². The summed E-state index contributed by atoms with van der Waals surface area (Å²) < 4.78 is 5.33. The third kappa shape index (κ3) is 4.55. The van der Waals surface area contributed by atoms with Crippen molar-refractivity contribution in [2.24, 2.45) is 0 Å². The van der Waals surface area contributed by atoms with Gasteiger partial charge >= 0.3 is 6.03 Å². The molecule has 2 N–H and O–H groups in total. The Hall–Kier alpha value is -1.91. The average molecular weight is 325 g/mol. The number of halogens is 2. The Labute approximate surface area is 133 Å². The zero-order valence-corrected chi connectivity index (χ0v) is 12.8. The molecule has 110 valence electrons. The van der Waals surface area contributed by atoms with E-state index in [1.54, 1.807) is 42.5 Å². The molecule has 2 aromatic carbocycles. The molecule has 0 bridgehead atoms. The van der Waals surface area contributed by atoms with Gasteiger partial charge in [-0.3, -0.25) is 0 Å². The number of carbonyl (C=O) groups is 1. The highest BCUT2D eigenvalue weighted by atomic mass is 35.5. The van der Waals surface area contributed by atoms with Crippen LogP contribution >= 0.6 is 23.2 Å². The van der Waals surface area contributed by atoms with Gasteiger partial charge in [0.05, 0.1) is 17.3 Å². The third-order valence-corrected chi connectivity index (χ3v) is 3.15. The molecular formula is C15H14Cl2N2O2. The number of nitrogens with one attached hydrogen (secondary N) is 2. The molecule has 0 saturated carbocycles. The molecule has 0 aliphatic heterocycles. The van der Waals surface area contributed by atoms with Gasteiger partial charge in [0.15, 0.2) is 0 Å². The second-order valence-corrected chi connectivity index (χ2v) is 5.00. The molecule has 0 atom stereocenters. The van der Waals surface area contributed by atoms with Gasteiger partial charge in [0.2, 0.25) is 0 Å². The topological polar surface area (TPSA) is 50.4 Å². The molecule has 0 spiro atoms. The van der Waals surface area contributed by atoms with E-state index in [0.717, 1.165) is 5.75 Å². The van der Waals surface area contributed by atoms with Crippen LogP contribution in [0.5, 0.6) is 5.75 Å². The van der Waals surface area contributed by atoms with Crippen molar-refractivity contribution < 1.29 is 9.53 Å². The summed E-state index contributed by atoms with van der Waals surface area (Å²) >= 11 is 11.8. The SMILES string of the molecule is CCOc1ccc(NC(=O)Nc2ccc(Cl)cc2Cl)cc1. The molecule has 0 radical (unpaired) electrons. The van der Waals surface area contributed by atoms with Crippen molar-refractivity contribution in [1.82, 2.24) is 0 Å². The molecule has 2 amide bonds. The number of hydrogen-bond donors (Lipinski definition) is 2. The monoisotopic (exact) mass is 324 g/mol. The molecule has 2 aromatic rings. The van der Waals surface area contributed by atoms with Gasteiger partial charge in [0.25, 0.3) is 0 Å². The molecular weight excluding hydrogens is 311 g/mol. The number of ether oxygens (including phenoxy) is 1. The molecule has 6 heteroatoms. The van der Waals surface area contributed by atoms with Crippen LogP contribution in [-0.4, -0.2) is 12.6 Å². The summed E-state index contributed by atoms with van der Waals surface area (Å²) in [7, 11) is 0. The maximum atomic E-state index is 11.9. The van der Waals surface area contributed by atoms with E-state index in [-0.39, 0.29) is 6.03 Å². The standard InChI is InChI=1S/C15H14Cl2N2O2/c1-2-21-12-6-4-11(5-7-12)18-15(20)19-14-8-3-10(16)9-13(14)17/h3-9H,2H2,1H3,(H2,18,19,20). The number of amides is 2. The molecule has 0 fully saturated rings. The van der Waals surface area contributed by atoms with Crippen molar-refractivity contribution in [3.8, 4) is 5.75 Å². The Kier molecular flexibility index (Phi) is 5.31. The van der Waals surface area contributed by atoms with Crippen LogP contribution in [0.2, 0.25) is 10.0 Å². The highest BCUT2D eigenvalue weighted by molar-refractivity contribution is 6.36. The highest BCUT2D eigenvalue weighted by Gasteiger charge is 2.06. The summed E-state index contributed by atoms with van der Waals surface area (Å²) in [5.41, 5.74) is 1.14. The molecule has 2 rings (SSSR count). The summed E-state index contributed by atoms with van der Waals surface area (Å²) in [5, 5.41) is 6.25. The average Bonchev–Trinajstić information content (AvgIpc) is 2.44. The number of urea groups is 1. The van der Waals surface area contributed by atoms with E-state index in [4.69, 9.17) is 27.9 Å². The summed E-state index contributed by atoms with van der Waals surface area (Å²) in [6.07, 6.45) is 0. The van der Waals surface area contributed by atoms with Crippen molar-refractivity contribution in [3.63, 3.8) is 0 Å². The van der Waals surface area contributed by atoms with Gasteiger partial charge in [0, 0.05) is 10.7 Å². The van der Waals surface area contributed by atoms with E-state index >= 15 is 0 Å². The molecule has 0 aliphatic rings. The lowest BCUT2D eigenvalue weighted by Gasteiger charge is -2.10. The maximum Gasteiger partial charge on any atom is 0.323 e. The largest absolute Gasteiger partial charge is 0.494 e. The Morgan fingerprint density at radius 1 is 1.10 bits per heavy atom. The van der Waals surface area contributed by atoms with Crippen LogP contribution in [0.25, 0.3) is 0 Å². The first kappa shape index (κ1) is 15.5. The first-order chi connectivity index (χ1) is 10.1. The number of carbonyl (C=O) groups excluding carboxylic acids is 1. The fraction of sp³-hybridized carbons (Fsp3) is 0.133. The molecule has 0 aromatic heterocycles. The van der Waals surface area contributed by atoms with Crippen LogP contribution in [0.3, 0.4) is 0 Å². The maximum absolute atomic E-state index is 11.9. The van der Waals surface area contributed by atoms with E-state index in [1.807, 2.05) is 6.92 Å². The lowest BCUT2D eigenvalue weighted by molar-refractivity contribution is 0.262. The minimum absolute atomic E-state index is 0.379. The lowest BCUT2D eigenvalue weighted by Crippen LogP contribution is -2.19. The second kappa shape index (κ2) is 7.20. The van der Waals surface area contributed by atoms with Gasteiger partial charge in [-0.05, 0) is 49.4 Å². The van der Waals surface area contributed by atoms with Gasteiger partial charge in [-0.15, -0.1) is 0 Å². The van der Waals surface area contributed by atoms with Crippen molar-refractivity contribution in [2.45, 2.75) is 6.92 Å². The minimum Gasteiger partial charge on any atom is -0.494 e. The summed E-state index contributed by atoms with van der Waals surface area (Å²) in [5.74, 6) is 0.754. The minimum atomic E-state index is -0.386. The summed E-state index contributed by atoms with van der Waals surface area (Å²) in [4.78, 5) is 11.9. The fourth-order valence-electron chi connectivity index (χ4n) is 1.68. The lowest BCUT2D eigenvalue weighted by atomic mass is 10.3. The molecule has 0 saturated heterocycles. The van der Waals surface area contributed by atoms with Crippen molar-refractivity contribution >= 4 is 40.6 Å². The van der Waals surface area contributed by atoms with Gasteiger partial charge in [-0.25, -0.2) is 4.79 Å². The number of hydrogen-bond acceptors (Lipinski definition) is 2. The van der Waals surface area contributed by atoms with E-state index in [9.17, 15) is 4.79 Å².